The predicted octanol–water partition coefficient (Wildman–Crippen LogP) is 8.28. The number of rotatable bonds is 7. The van der Waals surface area contributed by atoms with Crippen molar-refractivity contribution in [1.29, 1.82) is 0 Å². The summed E-state index contributed by atoms with van der Waals surface area (Å²) in [4.78, 5) is 24.5. The molecule has 1 atom stereocenters. The second-order valence-electron chi connectivity index (χ2n) is 9.87. The molecule has 1 heterocycles. The molecule has 3 aromatic carbocycles. The first-order chi connectivity index (χ1) is 17.9. The Balaban J connectivity index is 1.18. The molecule has 37 heavy (non-hydrogen) atoms. The largest absolute Gasteiger partial charge is 0.493 e. The summed E-state index contributed by atoms with van der Waals surface area (Å²) in [5, 5.41) is 10.5. The van der Waals surface area contributed by atoms with Gasteiger partial charge in [-0.1, -0.05) is 35.3 Å². The van der Waals surface area contributed by atoms with Crippen LogP contribution in [0.1, 0.15) is 71.8 Å². The van der Waals surface area contributed by atoms with E-state index in [2.05, 4.69) is 12.1 Å². The van der Waals surface area contributed by atoms with E-state index in [1.807, 2.05) is 12.1 Å². The average molecular weight is 539 g/mol. The van der Waals surface area contributed by atoms with Gasteiger partial charge in [-0.05, 0) is 92.0 Å². The molecule has 1 unspecified atom stereocenters. The summed E-state index contributed by atoms with van der Waals surface area (Å²) in [6, 6.07) is 18.4. The number of halogens is 2. The number of carbonyl (C=O) groups is 2. The molecule has 1 saturated carbocycles. The molecule has 2 aliphatic rings. The van der Waals surface area contributed by atoms with Crippen molar-refractivity contribution >= 4 is 35.0 Å². The average Bonchev–Trinajstić information content (AvgIpc) is 2.90. The van der Waals surface area contributed by atoms with Gasteiger partial charge in [0.15, 0.2) is 5.78 Å². The van der Waals surface area contributed by atoms with E-state index >= 15 is 0 Å². The Morgan fingerprint density at radius 2 is 1.62 bits per heavy atom. The molecule has 0 amide bonds. The van der Waals surface area contributed by atoms with Crippen LogP contribution < -0.4 is 9.47 Å². The lowest BCUT2D eigenvalue weighted by atomic mass is 9.76. The van der Waals surface area contributed by atoms with E-state index in [-0.39, 0.29) is 5.78 Å². The summed E-state index contributed by atoms with van der Waals surface area (Å²) in [5.74, 6) is 0.913. The fourth-order valence-corrected chi connectivity index (χ4v) is 5.71. The van der Waals surface area contributed by atoms with E-state index in [1.165, 1.54) is 5.56 Å². The maximum Gasteiger partial charge on any atom is 0.311 e. The van der Waals surface area contributed by atoms with Crippen LogP contribution in [0, 0.1) is 5.92 Å². The molecular weight excluding hydrogens is 511 g/mol. The smallest absolute Gasteiger partial charge is 0.311 e. The maximum atomic E-state index is 12.9. The summed E-state index contributed by atoms with van der Waals surface area (Å²) in [6.07, 6.45) is 5.21. The van der Waals surface area contributed by atoms with Gasteiger partial charge in [0.05, 0.1) is 17.5 Å². The highest BCUT2D eigenvalue weighted by Gasteiger charge is 2.29. The van der Waals surface area contributed by atoms with Gasteiger partial charge in [-0.3, -0.25) is 9.59 Å². The van der Waals surface area contributed by atoms with Crippen LogP contribution in [0.15, 0.2) is 60.7 Å². The summed E-state index contributed by atoms with van der Waals surface area (Å²) in [7, 11) is 0. The number of ether oxygens (including phenoxy) is 2. The second kappa shape index (κ2) is 11.2. The van der Waals surface area contributed by atoms with Gasteiger partial charge in [0.2, 0.25) is 0 Å². The zero-order chi connectivity index (χ0) is 25.9. The Morgan fingerprint density at radius 1 is 0.919 bits per heavy atom. The number of Topliss-reactive ketones (excluding diaryl/α,β-unsaturated/α-hetero) is 1. The summed E-state index contributed by atoms with van der Waals surface area (Å²) in [6.45, 7) is 0.324. The van der Waals surface area contributed by atoms with E-state index in [1.54, 1.807) is 36.4 Å². The van der Waals surface area contributed by atoms with Crippen LogP contribution in [-0.2, 0) is 4.79 Å². The number of benzene rings is 3. The molecule has 0 spiro atoms. The predicted molar refractivity (Wildman–Crippen MR) is 144 cm³/mol. The number of hydrogen-bond donors (Lipinski definition) is 1. The van der Waals surface area contributed by atoms with Crippen LogP contribution >= 0.6 is 23.2 Å². The second-order valence-corrected chi connectivity index (χ2v) is 10.7. The van der Waals surface area contributed by atoms with E-state index in [0.717, 1.165) is 30.7 Å². The van der Waals surface area contributed by atoms with Gasteiger partial charge < -0.3 is 14.6 Å². The lowest BCUT2D eigenvalue weighted by Gasteiger charge is -2.28. The van der Waals surface area contributed by atoms with Crippen LogP contribution in [0.2, 0.25) is 10.0 Å². The van der Waals surface area contributed by atoms with Crippen molar-refractivity contribution in [1.82, 2.24) is 0 Å². The molecule has 0 radical (unpaired) electrons. The Kier molecular flexibility index (Phi) is 7.73. The molecule has 0 saturated heterocycles. The molecule has 1 aliphatic carbocycles. The molecule has 5 nitrogen and oxygen atoms in total. The van der Waals surface area contributed by atoms with E-state index < -0.39 is 11.9 Å². The van der Waals surface area contributed by atoms with Crippen LogP contribution in [-0.4, -0.2) is 23.5 Å². The van der Waals surface area contributed by atoms with Crippen molar-refractivity contribution in [3.8, 4) is 17.2 Å². The van der Waals surface area contributed by atoms with Gasteiger partial charge >= 0.3 is 5.97 Å². The summed E-state index contributed by atoms with van der Waals surface area (Å²) < 4.78 is 11.6. The quantitative estimate of drug-likeness (QED) is 0.306. The van der Waals surface area contributed by atoms with E-state index in [4.69, 9.17) is 32.7 Å². The Hall–Kier alpha value is -3.02. The highest BCUT2D eigenvalue weighted by Crippen LogP contribution is 2.42. The van der Waals surface area contributed by atoms with Crippen molar-refractivity contribution in [3.63, 3.8) is 0 Å². The number of carboxylic acids is 1. The molecule has 1 aliphatic heterocycles. The first kappa shape index (κ1) is 25.6. The highest BCUT2D eigenvalue weighted by atomic mass is 35.5. The lowest BCUT2D eigenvalue weighted by molar-refractivity contribution is -0.139. The monoisotopic (exact) mass is 538 g/mol. The van der Waals surface area contributed by atoms with Crippen molar-refractivity contribution in [2.75, 3.05) is 6.61 Å². The number of carboxylic acid groups (broad SMARTS) is 1. The first-order valence-electron chi connectivity index (χ1n) is 12.6. The van der Waals surface area contributed by atoms with Crippen molar-refractivity contribution in [2.45, 2.75) is 50.4 Å². The van der Waals surface area contributed by atoms with Crippen molar-refractivity contribution in [2.24, 2.45) is 5.92 Å². The molecule has 7 heteroatoms. The highest BCUT2D eigenvalue weighted by molar-refractivity contribution is 6.32. The standard InChI is InChI=1S/C30H28Cl2O5/c31-22-9-5-20(6-10-22)19-3-1-18(2-4-19)15-27(33)21-7-11-23(12-8-21)37-29-17-28-25(16-26(29)32)24(30(34)35)13-14-36-28/h5-12,16-19,24H,1-4,13-15H2,(H,34,35). The Bertz CT molecular complexity index is 1280. The number of aliphatic carboxylic acids is 1. The van der Waals surface area contributed by atoms with Gasteiger partial charge in [0, 0.05) is 28.6 Å². The van der Waals surface area contributed by atoms with E-state index in [0.29, 0.717) is 64.7 Å². The van der Waals surface area contributed by atoms with Crippen LogP contribution in [0.4, 0.5) is 0 Å². The molecule has 1 N–H and O–H groups in total. The molecule has 0 bridgehead atoms. The molecule has 192 valence electrons. The molecule has 5 rings (SSSR count). The van der Waals surface area contributed by atoms with Crippen LogP contribution in [0.25, 0.3) is 0 Å². The van der Waals surface area contributed by atoms with Gasteiger partial charge in [-0.25, -0.2) is 0 Å². The first-order valence-corrected chi connectivity index (χ1v) is 13.4. The minimum Gasteiger partial charge on any atom is -0.493 e. The molecule has 1 fully saturated rings. The summed E-state index contributed by atoms with van der Waals surface area (Å²) in [5.41, 5.74) is 2.55. The third-order valence-electron chi connectivity index (χ3n) is 7.47. The molecular formula is C30H28Cl2O5. The zero-order valence-electron chi connectivity index (χ0n) is 20.3. The third-order valence-corrected chi connectivity index (χ3v) is 8.02. The van der Waals surface area contributed by atoms with Gasteiger partial charge in [-0.2, -0.15) is 0 Å². The van der Waals surface area contributed by atoms with Gasteiger partial charge in [0.25, 0.3) is 0 Å². The van der Waals surface area contributed by atoms with Crippen molar-refractivity contribution < 1.29 is 24.2 Å². The topological polar surface area (TPSA) is 72.8 Å². The number of carbonyl (C=O) groups excluding carboxylic acids is 1. The zero-order valence-corrected chi connectivity index (χ0v) is 21.8. The number of fused-ring (bicyclic) bond motifs is 1. The van der Waals surface area contributed by atoms with Gasteiger partial charge in [0.1, 0.15) is 17.2 Å². The molecule has 0 aromatic heterocycles. The fraction of sp³-hybridized carbons (Fsp3) is 0.333. The Morgan fingerprint density at radius 3 is 2.30 bits per heavy atom. The Labute approximate surface area is 226 Å². The van der Waals surface area contributed by atoms with Crippen LogP contribution in [0.3, 0.4) is 0 Å². The number of hydrogen-bond acceptors (Lipinski definition) is 4. The minimum absolute atomic E-state index is 0.140. The minimum atomic E-state index is -0.899. The fourth-order valence-electron chi connectivity index (χ4n) is 5.38. The summed E-state index contributed by atoms with van der Waals surface area (Å²) >= 11 is 12.4. The van der Waals surface area contributed by atoms with Gasteiger partial charge in [-0.15, -0.1) is 0 Å². The third kappa shape index (κ3) is 5.94. The maximum absolute atomic E-state index is 12.9. The van der Waals surface area contributed by atoms with Crippen LogP contribution in [0.5, 0.6) is 17.2 Å². The normalized spacial score (nSPS) is 21.0. The van der Waals surface area contributed by atoms with E-state index in [9.17, 15) is 14.7 Å². The molecule has 3 aromatic rings. The van der Waals surface area contributed by atoms with Crippen molar-refractivity contribution in [3.05, 3.63) is 87.4 Å². The number of ketones is 1. The lowest BCUT2D eigenvalue weighted by Crippen LogP contribution is -2.20. The SMILES string of the molecule is O=C(CC1CCC(c2ccc(Cl)cc2)CC1)c1ccc(Oc2cc3c(cc2Cl)C(C(=O)O)CCO3)cc1.